The van der Waals surface area contributed by atoms with Gasteiger partial charge in [-0.25, -0.2) is 8.78 Å². The summed E-state index contributed by atoms with van der Waals surface area (Å²) in [4.78, 5) is 16.8. The van der Waals surface area contributed by atoms with Crippen molar-refractivity contribution in [2.45, 2.75) is 13.5 Å². The van der Waals surface area contributed by atoms with E-state index in [1.807, 2.05) is 19.1 Å². The number of rotatable bonds is 6. The molecule has 0 saturated heterocycles. The van der Waals surface area contributed by atoms with E-state index in [4.69, 9.17) is 9.47 Å². The number of methoxy groups -OCH3 is 1. The van der Waals surface area contributed by atoms with Gasteiger partial charge in [-0.3, -0.25) is 4.79 Å². The van der Waals surface area contributed by atoms with Gasteiger partial charge >= 0.3 is 0 Å². The van der Waals surface area contributed by atoms with Crippen molar-refractivity contribution in [1.82, 2.24) is 4.57 Å². The zero-order valence-electron chi connectivity index (χ0n) is 14.9. The Bertz CT molecular complexity index is 1020. The average Bonchev–Trinajstić information content (AvgIpc) is 2.99. The van der Waals surface area contributed by atoms with Crippen LogP contribution in [0, 0.1) is 11.6 Å². The molecule has 0 radical (unpaired) electrons. The topological polar surface area (TPSA) is 52.8 Å². The van der Waals surface area contributed by atoms with E-state index < -0.39 is 23.1 Å². The summed E-state index contributed by atoms with van der Waals surface area (Å²) in [5, 5.41) is 0. The van der Waals surface area contributed by atoms with Gasteiger partial charge in [0, 0.05) is 13.2 Å². The molecule has 0 aliphatic rings. The molecule has 27 heavy (non-hydrogen) atoms. The fraction of sp³-hybridized carbons (Fsp3) is 0.263. The van der Waals surface area contributed by atoms with Crippen LogP contribution in [0.2, 0.25) is 0 Å². The smallest absolute Gasteiger partial charge is 0.285 e. The number of thiazole rings is 1. The number of amides is 1. The standard InChI is InChI=1S/C19H18F2N2O3S/c1-3-26-11-10-23-17-14(25-2)8-5-9-15(17)27-19(23)22-18(24)16-12(20)6-4-7-13(16)21/h4-9H,3,10-11H2,1-2H3. The van der Waals surface area contributed by atoms with Gasteiger partial charge in [0.15, 0.2) is 4.80 Å². The molecule has 0 unspecified atom stereocenters. The summed E-state index contributed by atoms with van der Waals surface area (Å²) in [6.07, 6.45) is 0. The molecule has 1 heterocycles. The molecule has 1 amide bonds. The van der Waals surface area contributed by atoms with Crippen molar-refractivity contribution >= 4 is 27.5 Å². The van der Waals surface area contributed by atoms with Crippen molar-refractivity contribution in [3.05, 3.63) is 58.4 Å². The van der Waals surface area contributed by atoms with Crippen LogP contribution in [0.15, 0.2) is 41.4 Å². The number of carbonyl (C=O) groups excluding carboxylic acids is 1. The number of halogens is 2. The monoisotopic (exact) mass is 392 g/mol. The van der Waals surface area contributed by atoms with Gasteiger partial charge in [-0.1, -0.05) is 23.5 Å². The quantitative estimate of drug-likeness (QED) is 0.600. The predicted octanol–water partition coefficient (Wildman–Crippen LogP) is 3.77. The van der Waals surface area contributed by atoms with E-state index in [0.717, 1.165) is 22.3 Å². The summed E-state index contributed by atoms with van der Waals surface area (Å²) in [5.74, 6) is -2.24. The molecular formula is C19H18F2N2O3S. The van der Waals surface area contributed by atoms with Crippen LogP contribution in [0.25, 0.3) is 10.2 Å². The Morgan fingerprint density at radius 3 is 2.56 bits per heavy atom. The van der Waals surface area contributed by atoms with Crippen LogP contribution in [0.4, 0.5) is 8.78 Å². The number of carbonyl (C=O) groups is 1. The molecule has 8 heteroatoms. The molecule has 1 aromatic heterocycles. The normalized spacial score (nSPS) is 11.9. The zero-order valence-corrected chi connectivity index (χ0v) is 15.7. The molecule has 0 aliphatic carbocycles. The SMILES string of the molecule is CCOCCn1c(=NC(=O)c2c(F)cccc2F)sc2cccc(OC)c21. The van der Waals surface area contributed by atoms with Crippen LogP contribution in [0.1, 0.15) is 17.3 Å². The largest absolute Gasteiger partial charge is 0.495 e. The third kappa shape index (κ3) is 3.91. The van der Waals surface area contributed by atoms with E-state index in [9.17, 15) is 13.6 Å². The highest BCUT2D eigenvalue weighted by Crippen LogP contribution is 2.27. The first-order valence-electron chi connectivity index (χ1n) is 8.34. The molecule has 142 valence electrons. The van der Waals surface area contributed by atoms with Gasteiger partial charge in [0.25, 0.3) is 5.91 Å². The molecule has 0 N–H and O–H groups in total. The fourth-order valence-corrected chi connectivity index (χ4v) is 3.77. The molecule has 0 spiro atoms. The minimum Gasteiger partial charge on any atom is -0.495 e. The maximum Gasteiger partial charge on any atom is 0.285 e. The lowest BCUT2D eigenvalue weighted by Crippen LogP contribution is -2.20. The molecule has 0 saturated carbocycles. The van der Waals surface area contributed by atoms with Gasteiger partial charge < -0.3 is 14.0 Å². The third-order valence-corrected chi connectivity index (χ3v) is 4.96. The van der Waals surface area contributed by atoms with E-state index in [-0.39, 0.29) is 0 Å². The maximum absolute atomic E-state index is 13.9. The first kappa shape index (κ1) is 19.2. The van der Waals surface area contributed by atoms with E-state index in [0.29, 0.717) is 30.3 Å². The maximum atomic E-state index is 13.9. The van der Waals surface area contributed by atoms with Crippen LogP contribution in [0.3, 0.4) is 0 Å². The minimum absolute atomic E-state index is 0.321. The minimum atomic E-state index is -0.971. The number of hydrogen-bond donors (Lipinski definition) is 0. The second-order valence-electron chi connectivity index (χ2n) is 5.55. The fourth-order valence-electron chi connectivity index (χ4n) is 2.70. The summed E-state index contributed by atoms with van der Waals surface area (Å²) in [6.45, 7) is 3.24. The second-order valence-corrected chi connectivity index (χ2v) is 6.56. The van der Waals surface area contributed by atoms with Crippen LogP contribution < -0.4 is 9.54 Å². The van der Waals surface area contributed by atoms with Gasteiger partial charge in [0.05, 0.1) is 18.4 Å². The number of fused-ring (bicyclic) bond motifs is 1. The van der Waals surface area contributed by atoms with Gasteiger partial charge in [-0.2, -0.15) is 4.99 Å². The Kier molecular flexibility index (Phi) is 5.98. The molecule has 5 nitrogen and oxygen atoms in total. The molecule has 2 aromatic carbocycles. The summed E-state index contributed by atoms with van der Waals surface area (Å²) in [6, 6.07) is 8.76. The number of ether oxygens (including phenoxy) is 2. The molecule has 3 rings (SSSR count). The Morgan fingerprint density at radius 2 is 1.89 bits per heavy atom. The lowest BCUT2D eigenvalue weighted by Gasteiger charge is -2.08. The highest BCUT2D eigenvalue weighted by molar-refractivity contribution is 7.16. The molecule has 3 aromatic rings. The van der Waals surface area contributed by atoms with Crippen molar-refractivity contribution in [3.8, 4) is 5.75 Å². The number of aromatic nitrogens is 1. The second kappa shape index (κ2) is 8.41. The number of hydrogen-bond acceptors (Lipinski definition) is 4. The van der Waals surface area contributed by atoms with Crippen LogP contribution in [0.5, 0.6) is 5.75 Å². The van der Waals surface area contributed by atoms with Crippen molar-refractivity contribution in [1.29, 1.82) is 0 Å². The summed E-state index contributed by atoms with van der Waals surface area (Å²) in [7, 11) is 1.55. The number of para-hydroxylation sites is 1. The Morgan fingerprint density at radius 1 is 1.19 bits per heavy atom. The van der Waals surface area contributed by atoms with E-state index in [1.165, 1.54) is 17.4 Å². The highest BCUT2D eigenvalue weighted by atomic mass is 32.1. The van der Waals surface area contributed by atoms with Crippen molar-refractivity contribution in [2.24, 2.45) is 4.99 Å². The van der Waals surface area contributed by atoms with Crippen LogP contribution in [-0.4, -0.2) is 30.8 Å². The molecule has 0 atom stereocenters. The molecule has 0 fully saturated rings. The predicted molar refractivity (Wildman–Crippen MR) is 99.1 cm³/mol. The Labute approximate surface area is 158 Å². The van der Waals surface area contributed by atoms with E-state index >= 15 is 0 Å². The summed E-state index contributed by atoms with van der Waals surface area (Å²) in [5.41, 5.74) is 0.0866. The number of benzene rings is 2. The Hall–Kier alpha value is -2.58. The van der Waals surface area contributed by atoms with Crippen molar-refractivity contribution in [3.63, 3.8) is 0 Å². The molecule has 0 aliphatic heterocycles. The van der Waals surface area contributed by atoms with Crippen LogP contribution >= 0.6 is 11.3 Å². The zero-order chi connectivity index (χ0) is 19.4. The average molecular weight is 392 g/mol. The van der Waals surface area contributed by atoms with Gasteiger partial charge in [0.1, 0.15) is 28.5 Å². The van der Waals surface area contributed by atoms with Gasteiger partial charge in [-0.15, -0.1) is 0 Å². The first-order chi connectivity index (χ1) is 13.1. The molecular weight excluding hydrogens is 374 g/mol. The van der Waals surface area contributed by atoms with Gasteiger partial charge in [0.2, 0.25) is 0 Å². The number of nitrogens with zero attached hydrogens (tertiary/aromatic N) is 2. The van der Waals surface area contributed by atoms with Crippen molar-refractivity contribution < 1.29 is 23.0 Å². The third-order valence-electron chi connectivity index (χ3n) is 3.92. The lowest BCUT2D eigenvalue weighted by atomic mass is 10.2. The highest BCUT2D eigenvalue weighted by Gasteiger charge is 2.18. The molecule has 0 bridgehead atoms. The summed E-state index contributed by atoms with van der Waals surface area (Å²) >= 11 is 1.24. The van der Waals surface area contributed by atoms with E-state index in [1.54, 1.807) is 17.7 Å². The van der Waals surface area contributed by atoms with Crippen molar-refractivity contribution in [2.75, 3.05) is 20.3 Å². The first-order valence-corrected chi connectivity index (χ1v) is 9.15. The lowest BCUT2D eigenvalue weighted by molar-refractivity contribution is 0.0988. The Balaban J connectivity index is 2.16. The summed E-state index contributed by atoms with van der Waals surface area (Å²) < 4.78 is 41.3. The van der Waals surface area contributed by atoms with Gasteiger partial charge in [-0.05, 0) is 31.2 Å². The van der Waals surface area contributed by atoms with Crippen LogP contribution in [-0.2, 0) is 11.3 Å². The van der Waals surface area contributed by atoms with E-state index in [2.05, 4.69) is 4.99 Å².